The Morgan fingerprint density at radius 3 is 2.02 bits per heavy atom. The van der Waals surface area contributed by atoms with E-state index in [2.05, 4.69) is 111 Å². The molecular weight excluding hydrogens is 703 g/mol. The van der Waals surface area contributed by atoms with E-state index in [9.17, 15) is 5.11 Å². The molecule has 2 heterocycles. The first kappa shape index (κ1) is 43.2. The molecule has 6 heteroatoms. The van der Waals surface area contributed by atoms with Gasteiger partial charge in [0, 0.05) is 12.5 Å². The molecule has 7 atom stereocenters. The summed E-state index contributed by atoms with van der Waals surface area (Å²) in [6.45, 7) is 27.6. The van der Waals surface area contributed by atoms with E-state index in [0.29, 0.717) is 11.8 Å². The van der Waals surface area contributed by atoms with Crippen LogP contribution in [0.3, 0.4) is 0 Å². The van der Waals surface area contributed by atoms with Crippen molar-refractivity contribution in [2.45, 2.75) is 195 Å². The quantitative estimate of drug-likeness (QED) is 0.105. The molecular formula is C41H78O4SiSn. The summed E-state index contributed by atoms with van der Waals surface area (Å²) in [6.07, 6.45) is 22.9. The Hall–Kier alpha value is 0.0756. The van der Waals surface area contributed by atoms with E-state index < -0.39 is 32.5 Å². The number of hydrogen-bond donors (Lipinski definition) is 1. The Balaban J connectivity index is 2.18. The zero-order valence-electron chi connectivity index (χ0n) is 33.1. The average Bonchev–Trinajstić information content (AvgIpc) is 3.03. The molecule has 0 aromatic rings. The van der Waals surface area contributed by atoms with Crippen molar-refractivity contribution in [1.82, 2.24) is 0 Å². The van der Waals surface area contributed by atoms with Crippen LogP contribution in [0.5, 0.6) is 0 Å². The SMILES string of the molecule is CCC[CH2][Sn](/[CH]=C/[C@@H]1O[C@]2(CC[C@@H]1C)CC[C@H](C)[C@@H](C/C=C(C)/C=C/[C@H](O[Si](C)(C)C(C)(C)C)[C@@H](C)CO)O2)([CH2]CCC)[CH2]CCC. The number of unbranched alkanes of at least 4 members (excludes halogenated alkanes) is 3. The molecule has 2 saturated heterocycles. The number of hydrogen-bond acceptors (Lipinski definition) is 4. The van der Waals surface area contributed by atoms with E-state index in [1.807, 2.05) is 0 Å². The second-order valence-electron chi connectivity index (χ2n) is 17.3. The minimum atomic E-state index is -2.38. The van der Waals surface area contributed by atoms with Crippen molar-refractivity contribution < 1.29 is 19.0 Å². The number of rotatable bonds is 19. The van der Waals surface area contributed by atoms with Gasteiger partial charge in [-0.2, -0.15) is 0 Å². The average molecular weight is 782 g/mol. The summed E-state index contributed by atoms with van der Waals surface area (Å²) in [5.41, 5.74) is 1.23. The van der Waals surface area contributed by atoms with Crippen LogP contribution in [0.1, 0.15) is 140 Å². The van der Waals surface area contributed by atoms with Crippen LogP contribution in [0, 0.1) is 17.8 Å². The minimum absolute atomic E-state index is 0.0571. The van der Waals surface area contributed by atoms with Crippen LogP contribution in [-0.4, -0.2) is 62.5 Å². The fraction of sp³-hybridized carbons (Fsp3) is 0.854. The van der Waals surface area contributed by atoms with Gasteiger partial charge in [0.25, 0.3) is 0 Å². The zero-order chi connectivity index (χ0) is 35.3. The Morgan fingerprint density at radius 2 is 1.51 bits per heavy atom. The van der Waals surface area contributed by atoms with Gasteiger partial charge in [-0.1, -0.05) is 27.7 Å². The van der Waals surface area contributed by atoms with Gasteiger partial charge >= 0.3 is 217 Å². The molecule has 0 aromatic heterocycles. The molecule has 2 fully saturated rings. The Bertz CT molecular complexity index is 959. The Morgan fingerprint density at radius 1 is 0.957 bits per heavy atom. The fourth-order valence-electron chi connectivity index (χ4n) is 6.99. The summed E-state index contributed by atoms with van der Waals surface area (Å²) in [4.78, 5) is 0. The first-order valence-electron chi connectivity index (χ1n) is 19.7. The maximum absolute atomic E-state index is 9.96. The maximum atomic E-state index is 9.96. The number of aliphatic hydroxyl groups excluding tert-OH is 1. The first-order valence-corrected chi connectivity index (χ1v) is 30.4. The predicted molar refractivity (Wildman–Crippen MR) is 209 cm³/mol. The van der Waals surface area contributed by atoms with Crippen molar-refractivity contribution in [3.63, 3.8) is 0 Å². The second kappa shape index (κ2) is 20.2. The molecule has 1 spiro atoms. The molecule has 1 N–H and O–H groups in total. The third-order valence-corrected chi connectivity index (χ3v) is 30.5. The number of allylic oxidation sites excluding steroid dienone is 2. The van der Waals surface area contributed by atoms with Crippen LogP contribution in [0.4, 0.5) is 0 Å². The van der Waals surface area contributed by atoms with Crippen LogP contribution in [0.25, 0.3) is 0 Å². The number of aliphatic hydroxyl groups is 1. The van der Waals surface area contributed by atoms with Gasteiger partial charge < -0.3 is 9.53 Å². The van der Waals surface area contributed by atoms with Crippen molar-refractivity contribution in [2.24, 2.45) is 17.8 Å². The molecule has 274 valence electrons. The summed E-state index contributed by atoms with van der Waals surface area (Å²) in [7, 11) is -1.96. The van der Waals surface area contributed by atoms with E-state index in [-0.39, 0.29) is 35.9 Å². The summed E-state index contributed by atoms with van der Waals surface area (Å²) < 4.78 is 28.1. The third-order valence-electron chi connectivity index (χ3n) is 11.9. The van der Waals surface area contributed by atoms with Crippen molar-refractivity contribution in [2.75, 3.05) is 6.61 Å². The van der Waals surface area contributed by atoms with E-state index >= 15 is 0 Å². The van der Waals surface area contributed by atoms with Crippen LogP contribution in [-0.2, 0) is 13.9 Å². The Labute approximate surface area is 298 Å². The van der Waals surface area contributed by atoms with Crippen LogP contribution in [0.2, 0.25) is 31.4 Å². The normalized spacial score (nSPS) is 28.1. The van der Waals surface area contributed by atoms with Gasteiger partial charge in [0.15, 0.2) is 8.32 Å². The molecule has 2 aliphatic rings. The van der Waals surface area contributed by atoms with Crippen molar-refractivity contribution in [3.05, 3.63) is 34.0 Å². The van der Waals surface area contributed by atoms with Crippen molar-refractivity contribution in [1.29, 1.82) is 0 Å². The molecule has 0 saturated carbocycles. The summed E-state index contributed by atoms with van der Waals surface area (Å²) >= 11 is -2.38. The van der Waals surface area contributed by atoms with Gasteiger partial charge in [0.05, 0.1) is 6.10 Å². The molecule has 0 bridgehead atoms. The molecule has 0 aliphatic carbocycles. The monoisotopic (exact) mass is 782 g/mol. The van der Waals surface area contributed by atoms with Crippen LogP contribution < -0.4 is 0 Å². The van der Waals surface area contributed by atoms with Crippen molar-refractivity contribution in [3.8, 4) is 0 Å². The van der Waals surface area contributed by atoms with Crippen LogP contribution >= 0.6 is 0 Å². The predicted octanol–water partition coefficient (Wildman–Crippen LogP) is 12.2. The molecule has 4 nitrogen and oxygen atoms in total. The van der Waals surface area contributed by atoms with Gasteiger partial charge in [-0.05, 0) is 18.1 Å². The van der Waals surface area contributed by atoms with Gasteiger partial charge in [0.2, 0.25) is 0 Å². The van der Waals surface area contributed by atoms with E-state index in [1.165, 1.54) is 63.8 Å². The van der Waals surface area contributed by atoms with E-state index in [4.69, 9.17) is 13.9 Å². The van der Waals surface area contributed by atoms with Gasteiger partial charge in [0.1, 0.15) is 0 Å². The topological polar surface area (TPSA) is 47.9 Å². The second-order valence-corrected chi connectivity index (χ2v) is 35.0. The summed E-state index contributed by atoms with van der Waals surface area (Å²) in [5.74, 6) is 0.668. The zero-order valence-corrected chi connectivity index (χ0v) is 37.0. The van der Waals surface area contributed by atoms with Crippen molar-refractivity contribution >= 4 is 26.7 Å². The molecule has 0 unspecified atom stereocenters. The van der Waals surface area contributed by atoms with E-state index in [1.54, 1.807) is 0 Å². The molecule has 0 radical (unpaired) electrons. The van der Waals surface area contributed by atoms with Gasteiger partial charge in [-0.3, -0.25) is 0 Å². The molecule has 0 aromatic carbocycles. The number of ether oxygens (including phenoxy) is 2. The van der Waals surface area contributed by atoms with Gasteiger partial charge in [-0.15, -0.1) is 0 Å². The molecule has 2 aliphatic heterocycles. The fourth-order valence-corrected chi connectivity index (χ4v) is 22.7. The molecule has 2 rings (SSSR count). The Kier molecular flexibility index (Phi) is 18.6. The first-order chi connectivity index (χ1) is 22.1. The van der Waals surface area contributed by atoms with Gasteiger partial charge in [-0.25, -0.2) is 0 Å². The standard InChI is InChI=1S/C29H51O4Si.3C4H9.Sn/c1-11-25-22(3)16-18-29(31-25)19-17-23(4)26(32-29)14-12-21(2)13-15-27(24(5)20-30)33-34(9,10)28(6,7)8;3*1-3-4-2;/h1,11-13,15,22-27,30H,14,16-20H2,2-10H3;3*1,3-4H2,2H3;/b11-1?,15-13+,21-12+;;;;/t22-,23-,24-,25-,26+,27-,29-;;;;/m0..../s1. The summed E-state index contributed by atoms with van der Waals surface area (Å²) in [5, 5.41) is 10.1. The molecule has 0 amide bonds. The van der Waals surface area contributed by atoms with Crippen LogP contribution in [0.15, 0.2) is 34.0 Å². The van der Waals surface area contributed by atoms with E-state index in [0.717, 1.165) is 25.7 Å². The summed E-state index contributed by atoms with van der Waals surface area (Å²) in [6, 6.07) is 0. The third kappa shape index (κ3) is 13.6. The molecule has 47 heavy (non-hydrogen) atoms.